The molecule has 0 nitrogen and oxygen atoms in total. The van der Waals surface area contributed by atoms with Crippen molar-refractivity contribution in [3.8, 4) is 0 Å². The van der Waals surface area contributed by atoms with Crippen LogP contribution in [0.15, 0.2) is 54.6 Å². The SMILES string of the molecule is CCCSC(/C=C/c1ccc(Cl)cc1)c1ccc(Cl)cc1. The Morgan fingerprint density at radius 1 is 0.952 bits per heavy atom. The van der Waals surface area contributed by atoms with Gasteiger partial charge in [0.1, 0.15) is 0 Å². The van der Waals surface area contributed by atoms with Gasteiger partial charge in [-0.3, -0.25) is 0 Å². The molecule has 110 valence electrons. The van der Waals surface area contributed by atoms with Crippen LogP contribution in [0, 0.1) is 0 Å². The van der Waals surface area contributed by atoms with Crippen molar-refractivity contribution in [2.75, 3.05) is 5.75 Å². The van der Waals surface area contributed by atoms with Crippen molar-refractivity contribution in [2.45, 2.75) is 18.6 Å². The molecule has 0 radical (unpaired) electrons. The summed E-state index contributed by atoms with van der Waals surface area (Å²) in [5.74, 6) is 1.14. The lowest BCUT2D eigenvalue weighted by Gasteiger charge is -2.13. The van der Waals surface area contributed by atoms with Gasteiger partial charge in [-0.25, -0.2) is 0 Å². The van der Waals surface area contributed by atoms with E-state index >= 15 is 0 Å². The molecule has 0 spiro atoms. The third kappa shape index (κ3) is 5.43. The zero-order chi connectivity index (χ0) is 15.1. The summed E-state index contributed by atoms with van der Waals surface area (Å²) in [6.07, 6.45) is 5.56. The second-order valence-electron chi connectivity index (χ2n) is 4.75. The van der Waals surface area contributed by atoms with E-state index in [0.717, 1.165) is 21.4 Å². The molecule has 0 fully saturated rings. The van der Waals surface area contributed by atoms with Crippen LogP contribution in [0.25, 0.3) is 6.08 Å². The highest BCUT2D eigenvalue weighted by Gasteiger charge is 2.08. The highest BCUT2D eigenvalue weighted by Crippen LogP contribution is 2.32. The summed E-state index contributed by atoms with van der Waals surface area (Å²) in [6, 6.07) is 16.0. The van der Waals surface area contributed by atoms with Crippen LogP contribution in [0.2, 0.25) is 10.0 Å². The largest absolute Gasteiger partial charge is 0.150 e. The summed E-state index contributed by atoms with van der Waals surface area (Å²) < 4.78 is 0. The van der Waals surface area contributed by atoms with Crippen LogP contribution in [0.3, 0.4) is 0 Å². The highest BCUT2D eigenvalue weighted by molar-refractivity contribution is 7.99. The summed E-state index contributed by atoms with van der Waals surface area (Å²) >= 11 is 13.8. The molecule has 0 heterocycles. The Labute approximate surface area is 141 Å². The molecule has 0 aliphatic heterocycles. The zero-order valence-corrected chi connectivity index (χ0v) is 14.3. The lowest BCUT2D eigenvalue weighted by atomic mass is 10.1. The second kappa shape index (κ2) is 8.53. The third-order valence-electron chi connectivity index (χ3n) is 3.03. The minimum atomic E-state index is 0.345. The smallest absolute Gasteiger partial charge is 0.0480 e. The van der Waals surface area contributed by atoms with Crippen molar-refractivity contribution in [1.29, 1.82) is 0 Å². The summed E-state index contributed by atoms with van der Waals surface area (Å²) in [6.45, 7) is 2.20. The fraction of sp³-hybridized carbons (Fsp3) is 0.222. The van der Waals surface area contributed by atoms with E-state index in [0.29, 0.717) is 5.25 Å². The Hall–Kier alpha value is -0.890. The predicted octanol–water partition coefficient (Wildman–Crippen LogP) is 6.89. The number of hydrogen-bond acceptors (Lipinski definition) is 1. The van der Waals surface area contributed by atoms with Crippen LogP contribution in [-0.2, 0) is 0 Å². The van der Waals surface area contributed by atoms with Gasteiger partial charge in [-0.1, -0.05) is 66.5 Å². The van der Waals surface area contributed by atoms with Gasteiger partial charge in [0.05, 0.1) is 0 Å². The molecule has 0 bridgehead atoms. The second-order valence-corrected chi connectivity index (χ2v) is 6.88. The number of hydrogen-bond donors (Lipinski definition) is 0. The fourth-order valence-electron chi connectivity index (χ4n) is 1.93. The predicted molar refractivity (Wildman–Crippen MR) is 97.4 cm³/mol. The number of rotatable bonds is 6. The van der Waals surface area contributed by atoms with E-state index in [2.05, 4.69) is 31.2 Å². The van der Waals surface area contributed by atoms with Gasteiger partial charge in [0, 0.05) is 15.3 Å². The van der Waals surface area contributed by atoms with E-state index in [-0.39, 0.29) is 0 Å². The van der Waals surface area contributed by atoms with E-state index in [1.807, 2.05) is 48.2 Å². The van der Waals surface area contributed by atoms with Crippen molar-refractivity contribution in [3.63, 3.8) is 0 Å². The molecule has 0 N–H and O–H groups in total. The summed E-state index contributed by atoms with van der Waals surface area (Å²) in [5, 5.41) is 1.89. The maximum atomic E-state index is 5.97. The van der Waals surface area contributed by atoms with Gasteiger partial charge >= 0.3 is 0 Å². The van der Waals surface area contributed by atoms with E-state index in [1.54, 1.807) is 0 Å². The Morgan fingerprint density at radius 2 is 1.52 bits per heavy atom. The number of halogens is 2. The number of benzene rings is 2. The minimum Gasteiger partial charge on any atom is -0.150 e. The minimum absolute atomic E-state index is 0.345. The van der Waals surface area contributed by atoms with Crippen molar-refractivity contribution in [3.05, 3.63) is 75.8 Å². The van der Waals surface area contributed by atoms with Gasteiger partial charge in [0.25, 0.3) is 0 Å². The van der Waals surface area contributed by atoms with Crippen LogP contribution in [-0.4, -0.2) is 5.75 Å². The molecular formula is C18H18Cl2S. The van der Waals surface area contributed by atoms with Crippen LogP contribution in [0.1, 0.15) is 29.7 Å². The molecule has 3 heteroatoms. The topological polar surface area (TPSA) is 0 Å². The summed E-state index contributed by atoms with van der Waals surface area (Å²) in [5.41, 5.74) is 2.44. The van der Waals surface area contributed by atoms with Crippen LogP contribution >= 0.6 is 35.0 Å². The molecule has 2 aromatic rings. The van der Waals surface area contributed by atoms with E-state index in [4.69, 9.17) is 23.2 Å². The third-order valence-corrected chi connectivity index (χ3v) is 4.97. The van der Waals surface area contributed by atoms with Crippen molar-refractivity contribution >= 4 is 41.0 Å². The van der Waals surface area contributed by atoms with Crippen LogP contribution < -0.4 is 0 Å². The van der Waals surface area contributed by atoms with Gasteiger partial charge < -0.3 is 0 Å². The standard InChI is InChI=1S/C18H18Cl2S/c1-2-13-21-18(15-6-10-17(20)11-7-15)12-5-14-3-8-16(19)9-4-14/h3-12,18H,2,13H2,1H3/b12-5+. The highest BCUT2D eigenvalue weighted by atomic mass is 35.5. The van der Waals surface area contributed by atoms with E-state index in [1.165, 1.54) is 12.0 Å². The Bertz CT molecular complexity index is 573. The average molecular weight is 337 g/mol. The first-order valence-corrected chi connectivity index (χ1v) is 8.80. The number of thioether (sulfide) groups is 1. The maximum Gasteiger partial charge on any atom is 0.0480 e. The first-order valence-electron chi connectivity index (χ1n) is 7.00. The van der Waals surface area contributed by atoms with E-state index in [9.17, 15) is 0 Å². The fourth-order valence-corrected chi connectivity index (χ4v) is 3.21. The lowest BCUT2D eigenvalue weighted by molar-refractivity contribution is 1.09. The normalized spacial score (nSPS) is 12.7. The molecule has 2 aromatic carbocycles. The van der Waals surface area contributed by atoms with Gasteiger partial charge in [-0.15, -0.1) is 11.8 Å². The molecule has 0 saturated heterocycles. The molecule has 2 rings (SSSR count). The Kier molecular flexibility index (Phi) is 6.69. The lowest BCUT2D eigenvalue weighted by Crippen LogP contribution is -1.91. The molecule has 0 aromatic heterocycles. The summed E-state index contributed by atoms with van der Waals surface area (Å²) in [7, 11) is 0. The molecule has 21 heavy (non-hydrogen) atoms. The first-order chi connectivity index (χ1) is 10.2. The maximum absolute atomic E-state index is 5.97. The van der Waals surface area contributed by atoms with Crippen molar-refractivity contribution in [1.82, 2.24) is 0 Å². The van der Waals surface area contributed by atoms with Gasteiger partial charge in [0.15, 0.2) is 0 Å². The molecule has 1 unspecified atom stereocenters. The molecule has 0 aliphatic rings. The molecular weight excluding hydrogens is 319 g/mol. The Balaban J connectivity index is 2.15. The quantitative estimate of drug-likeness (QED) is 0.553. The van der Waals surface area contributed by atoms with Crippen LogP contribution in [0.4, 0.5) is 0 Å². The average Bonchev–Trinajstić information content (AvgIpc) is 2.50. The van der Waals surface area contributed by atoms with Crippen LogP contribution in [0.5, 0.6) is 0 Å². The first kappa shape index (κ1) is 16.5. The zero-order valence-electron chi connectivity index (χ0n) is 11.9. The van der Waals surface area contributed by atoms with Gasteiger partial charge in [-0.2, -0.15) is 0 Å². The molecule has 0 amide bonds. The van der Waals surface area contributed by atoms with Gasteiger partial charge in [-0.05, 0) is 47.6 Å². The molecule has 1 atom stereocenters. The monoisotopic (exact) mass is 336 g/mol. The van der Waals surface area contributed by atoms with Crippen molar-refractivity contribution in [2.24, 2.45) is 0 Å². The molecule has 0 aliphatic carbocycles. The molecule has 0 saturated carbocycles. The summed E-state index contributed by atoms with van der Waals surface area (Å²) in [4.78, 5) is 0. The Morgan fingerprint density at radius 3 is 2.10 bits per heavy atom. The van der Waals surface area contributed by atoms with Crippen molar-refractivity contribution < 1.29 is 0 Å². The van der Waals surface area contributed by atoms with Gasteiger partial charge in [0.2, 0.25) is 0 Å². The van der Waals surface area contributed by atoms with E-state index < -0.39 is 0 Å².